The van der Waals surface area contributed by atoms with Gasteiger partial charge in [0.1, 0.15) is 11.5 Å². The Bertz CT molecular complexity index is 718. The van der Waals surface area contributed by atoms with Crippen LogP contribution in [0.25, 0.3) is 0 Å². The van der Waals surface area contributed by atoms with E-state index < -0.39 is 6.09 Å². The third-order valence-electron chi connectivity index (χ3n) is 4.04. The van der Waals surface area contributed by atoms with Crippen LogP contribution in [0.15, 0.2) is 53.8 Å². The molecule has 0 spiro atoms. The van der Waals surface area contributed by atoms with Crippen molar-refractivity contribution in [1.29, 1.82) is 0 Å². The van der Waals surface area contributed by atoms with Crippen LogP contribution in [0.4, 0.5) is 9.18 Å². The first-order valence-electron chi connectivity index (χ1n) is 9.41. The first-order chi connectivity index (χ1) is 13.2. The number of hydrogen-bond donors (Lipinski definition) is 1. The molecule has 0 saturated carbocycles. The number of carbonyl (C=O) groups excluding carboxylic acids is 1. The molecular weight excluding hydrogens is 345 g/mol. The highest BCUT2D eigenvalue weighted by Crippen LogP contribution is 2.11. The largest absolute Gasteiger partial charge is 0.433 e. The van der Waals surface area contributed by atoms with Crippen molar-refractivity contribution < 1.29 is 14.0 Å². The molecular formula is C21H26FN3O2. The Morgan fingerprint density at radius 3 is 2.52 bits per heavy atom. The maximum atomic E-state index is 13.2. The smallest absolute Gasteiger partial charge is 0.320 e. The molecule has 1 amide bonds. The number of nitrogens with one attached hydrogen (secondary N) is 1. The number of benzene rings is 1. The van der Waals surface area contributed by atoms with E-state index in [0.29, 0.717) is 23.5 Å². The summed E-state index contributed by atoms with van der Waals surface area (Å²) >= 11 is 0. The Morgan fingerprint density at radius 2 is 1.81 bits per heavy atom. The van der Waals surface area contributed by atoms with Gasteiger partial charge >= 0.3 is 6.09 Å². The molecule has 0 aliphatic rings. The Balaban J connectivity index is 1.91. The summed E-state index contributed by atoms with van der Waals surface area (Å²) < 4.78 is 13.2. The molecule has 5 nitrogen and oxygen atoms in total. The molecule has 1 aromatic carbocycles. The van der Waals surface area contributed by atoms with Gasteiger partial charge in [-0.1, -0.05) is 50.2 Å². The minimum atomic E-state index is -0.612. The number of oxime groups is 1. The van der Waals surface area contributed by atoms with Crippen molar-refractivity contribution in [2.75, 3.05) is 6.54 Å². The molecule has 0 aliphatic carbocycles. The molecule has 0 unspecified atom stereocenters. The maximum Gasteiger partial charge on any atom is 0.433 e. The Hall–Kier alpha value is -2.76. The minimum absolute atomic E-state index is 0.350. The van der Waals surface area contributed by atoms with Crippen molar-refractivity contribution in [3.63, 3.8) is 0 Å². The van der Waals surface area contributed by atoms with E-state index in [4.69, 9.17) is 4.84 Å². The van der Waals surface area contributed by atoms with Crippen molar-refractivity contribution >= 4 is 11.8 Å². The van der Waals surface area contributed by atoms with Crippen molar-refractivity contribution in [2.24, 2.45) is 5.16 Å². The molecule has 2 rings (SSSR count). The first kappa shape index (κ1) is 20.6. The van der Waals surface area contributed by atoms with Gasteiger partial charge in [0.2, 0.25) is 0 Å². The molecule has 0 fully saturated rings. The molecule has 1 heterocycles. The van der Waals surface area contributed by atoms with Crippen LogP contribution in [0.2, 0.25) is 0 Å². The van der Waals surface area contributed by atoms with Crippen LogP contribution >= 0.6 is 0 Å². The summed E-state index contributed by atoms with van der Waals surface area (Å²) in [5.74, 6) is -0.350. The fraction of sp³-hybridized carbons (Fsp3) is 0.381. The summed E-state index contributed by atoms with van der Waals surface area (Å²) in [6.07, 6.45) is 7.88. The van der Waals surface area contributed by atoms with Crippen molar-refractivity contribution in [3.05, 3.63) is 65.7 Å². The van der Waals surface area contributed by atoms with Crippen molar-refractivity contribution in [3.8, 4) is 0 Å². The predicted octanol–water partition coefficient (Wildman–Crippen LogP) is 5.06. The lowest BCUT2D eigenvalue weighted by Crippen LogP contribution is -2.24. The molecule has 0 aliphatic heterocycles. The quantitative estimate of drug-likeness (QED) is 0.275. The molecule has 1 N–H and O–H groups in total. The zero-order valence-corrected chi connectivity index (χ0v) is 15.7. The van der Waals surface area contributed by atoms with Crippen LogP contribution in [-0.2, 0) is 4.84 Å². The van der Waals surface area contributed by atoms with Crippen LogP contribution in [0, 0.1) is 5.82 Å². The van der Waals surface area contributed by atoms with E-state index in [0.717, 1.165) is 12.8 Å². The average Bonchev–Trinajstić information content (AvgIpc) is 2.69. The SMILES string of the molecule is CCCCCCCCNC(=O)O/N=C(/c1ccc(F)cc1)c1ccccn1. The summed E-state index contributed by atoms with van der Waals surface area (Å²) in [5.41, 5.74) is 1.51. The lowest BCUT2D eigenvalue weighted by molar-refractivity contribution is 0.150. The third kappa shape index (κ3) is 7.56. The van der Waals surface area contributed by atoms with E-state index in [1.807, 2.05) is 0 Å². The van der Waals surface area contributed by atoms with E-state index in [1.54, 1.807) is 36.5 Å². The number of amides is 1. The van der Waals surface area contributed by atoms with Crippen LogP contribution in [-0.4, -0.2) is 23.3 Å². The van der Waals surface area contributed by atoms with E-state index >= 15 is 0 Å². The van der Waals surface area contributed by atoms with Gasteiger partial charge in [-0.3, -0.25) is 9.82 Å². The van der Waals surface area contributed by atoms with E-state index in [2.05, 4.69) is 22.4 Å². The van der Waals surface area contributed by atoms with Crippen LogP contribution in [0.1, 0.15) is 56.7 Å². The number of halogens is 1. The molecule has 0 saturated heterocycles. The molecule has 27 heavy (non-hydrogen) atoms. The van der Waals surface area contributed by atoms with Gasteiger partial charge in [-0.15, -0.1) is 0 Å². The van der Waals surface area contributed by atoms with Gasteiger partial charge < -0.3 is 5.32 Å². The summed E-state index contributed by atoms with van der Waals surface area (Å²) in [4.78, 5) is 21.1. The van der Waals surface area contributed by atoms with Crippen LogP contribution in [0.3, 0.4) is 0 Å². The number of pyridine rings is 1. The summed E-state index contributed by atoms with van der Waals surface area (Å²) in [6, 6.07) is 11.1. The second-order valence-corrected chi connectivity index (χ2v) is 6.24. The number of hydrogen-bond acceptors (Lipinski definition) is 4. The summed E-state index contributed by atoms with van der Waals surface area (Å²) in [6.45, 7) is 2.74. The molecule has 2 aromatic rings. The summed E-state index contributed by atoms with van der Waals surface area (Å²) in [7, 11) is 0. The number of rotatable bonds is 10. The predicted molar refractivity (Wildman–Crippen MR) is 104 cm³/mol. The molecule has 144 valence electrons. The molecule has 0 atom stereocenters. The van der Waals surface area contributed by atoms with E-state index in [1.165, 1.54) is 37.8 Å². The van der Waals surface area contributed by atoms with Gasteiger partial charge in [0.05, 0.1) is 5.69 Å². The van der Waals surface area contributed by atoms with Crippen molar-refractivity contribution in [2.45, 2.75) is 45.4 Å². The van der Waals surface area contributed by atoms with Crippen LogP contribution < -0.4 is 5.32 Å². The van der Waals surface area contributed by atoms with Gasteiger partial charge in [0.25, 0.3) is 0 Å². The number of unbranched alkanes of at least 4 members (excludes halogenated alkanes) is 5. The lowest BCUT2D eigenvalue weighted by atomic mass is 10.1. The fourth-order valence-corrected chi connectivity index (χ4v) is 2.57. The molecule has 6 heteroatoms. The van der Waals surface area contributed by atoms with Gasteiger partial charge in [-0.05, 0) is 42.8 Å². The van der Waals surface area contributed by atoms with Crippen LogP contribution in [0.5, 0.6) is 0 Å². The van der Waals surface area contributed by atoms with Crippen molar-refractivity contribution in [1.82, 2.24) is 10.3 Å². The molecule has 0 radical (unpaired) electrons. The highest BCUT2D eigenvalue weighted by molar-refractivity contribution is 6.11. The molecule has 1 aromatic heterocycles. The highest BCUT2D eigenvalue weighted by Gasteiger charge is 2.11. The zero-order valence-electron chi connectivity index (χ0n) is 15.7. The Kier molecular flexibility index (Phi) is 8.96. The number of nitrogens with zero attached hydrogens (tertiary/aromatic N) is 2. The second kappa shape index (κ2) is 11.8. The van der Waals surface area contributed by atoms with Gasteiger partial charge in [-0.2, -0.15) is 0 Å². The Morgan fingerprint density at radius 1 is 1.07 bits per heavy atom. The topological polar surface area (TPSA) is 63.6 Å². The minimum Gasteiger partial charge on any atom is -0.320 e. The van der Waals surface area contributed by atoms with Gasteiger partial charge in [0, 0.05) is 18.3 Å². The lowest BCUT2D eigenvalue weighted by Gasteiger charge is -2.07. The third-order valence-corrected chi connectivity index (χ3v) is 4.04. The fourth-order valence-electron chi connectivity index (χ4n) is 2.57. The van der Waals surface area contributed by atoms with E-state index in [9.17, 15) is 9.18 Å². The molecule has 0 bridgehead atoms. The maximum absolute atomic E-state index is 13.2. The monoisotopic (exact) mass is 371 g/mol. The number of aromatic nitrogens is 1. The average molecular weight is 371 g/mol. The standard InChI is InChI=1S/C21H26FN3O2/c1-2-3-4-5-6-8-16-24-21(26)27-25-20(19-10-7-9-15-23-19)17-11-13-18(22)14-12-17/h7,9-15H,2-6,8,16H2,1H3,(H,24,26)/b25-20-. The Labute approximate surface area is 159 Å². The number of carbonyl (C=O) groups is 1. The van der Waals surface area contributed by atoms with E-state index in [-0.39, 0.29) is 5.82 Å². The second-order valence-electron chi connectivity index (χ2n) is 6.24. The zero-order chi connectivity index (χ0) is 19.3. The normalized spacial score (nSPS) is 11.3. The first-order valence-corrected chi connectivity index (χ1v) is 9.41. The van der Waals surface area contributed by atoms with Gasteiger partial charge in [-0.25, -0.2) is 9.18 Å². The highest BCUT2D eigenvalue weighted by atomic mass is 19.1. The summed E-state index contributed by atoms with van der Waals surface area (Å²) in [5, 5.41) is 6.65. The van der Waals surface area contributed by atoms with Gasteiger partial charge in [0.15, 0.2) is 0 Å².